The summed E-state index contributed by atoms with van der Waals surface area (Å²) < 4.78 is 0. The van der Waals surface area contributed by atoms with Gasteiger partial charge in [0, 0.05) is 38.1 Å². The maximum Gasteiger partial charge on any atom is 0.152 e. The number of anilines is 1. The maximum absolute atomic E-state index is 6.82. The number of nitrogens with two attached hydrogens (primary N) is 1. The van der Waals surface area contributed by atoms with E-state index in [1.807, 2.05) is 0 Å². The van der Waals surface area contributed by atoms with E-state index in [1.54, 1.807) is 0 Å². The lowest BCUT2D eigenvalue weighted by atomic mass is 9.73. The van der Waals surface area contributed by atoms with Gasteiger partial charge in [-0.05, 0) is 67.9 Å². The first-order valence-electron chi connectivity index (χ1n) is 13.0. The Morgan fingerprint density at radius 3 is 2.45 bits per heavy atom. The highest BCUT2D eigenvalue weighted by molar-refractivity contribution is 6.00. The molecule has 172 valence electrons. The molecule has 1 atom stereocenters. The summed E-state index contributed by atoms with van der Waals surface area (Å²) in [5.74, 6) is 2.83. The van der Waals surface area contributed by atoms with Gasteiger partial charge in [0.2, 0.25) is 0 Å². The average Bonchev–Trinajstić information content (AvgIpc) is 3.57. The summed E-state index contributed by atoms with van der Waals surface area (Å²) in [6.45, 7) is 4.95. The molecule has 5 aliphatic rings. The van der Waals surface area contributed by atoms with Crippen molar-refractivity contribution in [1.82, 2.24) is 14.9 Å². The van der Waals surface area contributed by atoms with Gasteiger partial charge in [-0.3, -0.25) is 4.99 Å². The van der Waals surface area contributed by atoms with Crippen LogP contribution in [0.5, 0.6) is 0 Å². The molecule has 3 fully saturated rings. The third kappa shape index (κ3) is 3.21. The van der Waals surface area contributed by atoms with Crippen molar-refractivity contribution in [3.8, 4) is 0 Å². The van der Waals surface area contributed by atoms with E-state index in [4.69, 9.17) is 20.7 Å². The van der Waals surface area contributed by atoms with Crippen LogP contribution in [0.1, 0.15) is 85.1 Å². The largest absolute Gasteiger partial charge is 0.355 e. The molecule has 1 aromatic carbocycles. The minimum absolute atomic E-state index is 0.158. The molecule has 33 heavy (non-hydrogen) atoms. The molecular formula is C27H34N6. The van der Waals surface area contributed by atoms with Crippen LogP contribution < -0.4 is 10.6 Å². The number of piperidine rings is 2. The van der Waals surface area contributed by atoms with Gasteiger partial charge < -0.3 is 15.5 Å². The fourth-order valence-electron chi connectivity index (χ4n) is 6.68. The molecule has 6 heteroatoms. The van der Waals surface area contributed by atoms with Gasteiger partial charge in [-0.25, -0.2) is 9.97 Å². The Balaban J connectivity index is 1.15. The van der Waals surface area contributed by atoms with E-state index < -0.39 is 0 Å². The Morgan fingerprint density at radius 1 is 0.909 bits per heavy atom. The first-order chi connectivity index (χ1) is 16.2. The topological polar surface area (TPSA) is 70.6 Å². The van der Waals surface area contributed by atoms with Crippen LogP contribution in [0.4, 0.5) is 5.82 Å². The van der Waals surface area contributed by atoms with Crippen LogP contribution in [0.15, 0.2) is 29.3 Å². The third-order valence-corrected chi connectivity index (χ3v) is 8.84. The van der Waals surface area contributed by atoms with Gasteiger partial charge in [-0.1, -0.05) is 24.3 Å². The molecule has 4 heterocycles. The number of aliphatic imine (C=N–C) groups is 1. The lowest BCUT2D eigenvalue weighted by molar-refractivity contribution is 0.187. The number of hydrogen-bond donors (Lipinski definition) is 1. The predicted molar refractivity (Wildman–Crippen MR) is 131 cm³/mol. The zero-order valence-electron chi connectivity index (χ0n) is 19.5. The fourth-order valence-corrected chi connectivity index (χ4v) is 6.68. The van der Waals surface area contributed by atoms with Crippen LogP contribution in [-0.2, 0) is 13.0 Å². The third-order valence-electron chi connectivity index (χ3n) is 8.84. The smallest absolute Gasteiger partial charge is 0.152 e. The van der Waals surface area contributed by atoms with Crippen molar-refractivity contribution < 1.29 is 0 Å². The lowest BCUT2D eigenvalue weighted by Gasteiger charge is -2.43. The Kier molecular flexibility index (Phi) is 4.55. The molecule has 0 bridgehead atoms. The monoisotopic (exact) mass is 442 g/mol. The minimum atomic E-state index is 0.158. The predicted octanol–water partition coefficient (Wildman–Crippen LogP) is 3.94. The minimum Gasteiger partial charge on any atom is -0.355 e. The fraction of sp³-hybridized carbons (Fsp3) is 0.593. The first kappa shape index (κ1) is 20.0. The number of rotatable bonds is 2. The summed E-state index contributed by atoms with van der Waals surface area (Å²) in [6.07, 6.45) is 9.72. The molecule has 0 unspecified atom stereocenters. The second-order valence-electron chi connectivity index (χ2n) is 10.9. The van der Waals surface area contributed by atoms with Crippen LogP contribution in [0.25, 0.3) is 0 Å². The van der Waals surface area contributed by atoms with E-state index in [2.05, 4.69) is 34.1 Å². The van der Waals surface area contributed by atoms with E-state index >= 15 is 0 Å². The Hall–Kier alpha value is -2.47. The van der Waals surface area contributed by atoms with Gasteiger partial charge in [0.25, 0.3) is 0 Å². The molecule has 1 spiro atoms. The van der Waals surface area contributed by atoms with E-state index in [1.165, 1.54) is 48.9 Å². The summed E-state index contributed by atoms with van der Waals surface area (Å²) in [5.41, 5.74) is 13.2. The molecule has 2 aromatic rings. The van der Waals surface area contributed by atoms with Crippen LogP contribution in [0, 0.1) is 5.41 Å². The van der Waals surface area contributed by atoms with Gasteiger partial charge in [0.1, 0.15) is 5.69 Å². The average molecular weight is 443 g/mol. The van der Waals surface area contributed by atoms with Crippen molar-refractivity contribution in [2.24, 2.45) is 16.1 Å². The van der Waals surface area contributed by atoms with E-state index in [9.17, 15) is 0 Å². The summed E-state index contributed by atoms with van der Waals surface area (Å²) in [7, 11) is 0. The molecule has 0 amide bonds. The van der Waals surface area contributed by atoms with Crippen molar-refractivity contribution in [3.05, 3.63) is 52.5 Å². The quantitative estimate of drug-likeness (QED) is 0.763. The van der Waals surface area contributed by atoms with Crippen LogP contribution in [0.2, 0.25) is 0 Å². The number of nitrogens with zero attached hydrogens (tertiary/aromatic N) is 5. The SMILES string of the molecule is N[C@@H]1c2ccccc2CC12CCN(c1nc3c(nc1C1CC1)C(N1CCCCC1)=NC3)CC2. The van der Waals surface area contributed by atoms with Crippen LogP contribution in [0.3, 0.4) is 0 Å². The molecule has 2 N–H and O–H groups in total. The summed E-state index contributed by atoms with van der Waals surface area (Å²) in [5, 5.41) is 0. The Bertz CT molecular complexity index is 1110. The maximum atomic E-state index is 6.82. The van der Waals surface area contributed by atoms with Crippen molar-refractivity contribution in [1.29, 1.82) is 0 Å². The number of aromatic nitrogens is 2. The normalized spacial score (nSPS) is 25.8. The summed E-state index contributed by atoms with van der Waals surface area (Å²) in [6, 6.07) is 8.95. The number of amidine groups is 1. The van der Waals surface area contributed by atoms with Gasteiger partial charge in [-0.15, -0.1) is 0 Å². The van der Waals surface area contributed by atoms with Gasteiger partial charge in [0.05, 0.1) is 17.9 Å². The van der Waals surface area contributed by atoms with Crippen molar-refractivity contribution in [3.63, 3.8) is 0 Å². The van der Waals surface area contributed by atoms with Crippen molar-refractivity contribution in [2.45, 2.75) is 69.9 Å². The summed E-state index contributed by atoms with van der Waals surface area (Å²) >= 11 is 0. The van der Waals surface area contributed by atoms with E-state index in [0.717, 1.165) is 68.5 Å². The number of hydrogen-bond acceptors (Lipinski definition) is 6. The van der Waals surface area contributed by atoms with E-state index in [0.29, 0.717) is 12.5 Å². The molecular weight excluding hydrogens is 408 g/mol. The molecule has 1 saturated carbocycles. The molecule has 2 saturated heterocycles. The van der Waals surface area contributed by atoms with Gasteiger partial charge in [-0.2, -0.15) is 0 Å². The molecule has 6 nitrogen and oxygen atoms in total. The Labute approximate surface area is 196 Å². The molecule has 3 aliphatic heterocycles. The molecule has 7 rings (SSSR count). The lowest BCUT2D eigenvalue weighted by Crippen LogP contribution is -2.45. The molecule has 0 radical (unpaired) electrons. The molecule has 1 aromatic heterocycles. The van der Waals surface area contributed by atoms with Gasteiger partial charge in [0.15, 0.2) is 11.7 Å². The van der Waals surface area contributed by atoms with Crippen LogP contribution in [-0.4, -0.2) is 46.9 Å². The number of likely N-dealkylation sites (tertiary alicyclic amines) is 1. The summed E-state index contributed by atoms with van der Waals surface area (Å²) in [4.78, 5) is 20.4. The zero-order chi connectivity index (χ0) is 22.0. The zero-order valence-corrected chi connectivity index (χ0v) is 19.5. The highest BCUT2D eigenvalue weighted by atomic mass is 15.3. The van der Waals surface area contributed by atoms with E-state index in [-0.39, 0.29) is 11.5 Å². The first-order valence-corrected chi connectivity index (χ1v) is 13.0. The standard InChI is InChI=1S/C27H34N6/c28-24-20-7-3-2-6-19(20)16-27(24)10-14-33(15-11-27)26-22(18-8-9-18)31-23-21(30-26)17-29-25(23)32-12-4-1-5-13-32/h2-3,6-7,18,24H,1,4-5,8-17,28H2/t24-/m1/s1. The second-order valence-corrected chi connectivity index (χ2v) is 10.9. The second kappa shape index (κ2) is 7.52. The van der Waals surface area contributed by atoms with Crippen LogP contribution >= 0.6 is 0 Å². The van der Waals surface area contributed by atoms with Gasteiger partial charge >= 0.3 is 0 Å². The van der Waals surface area contributed by atoms with Crippen molar-refractivity contribution >= 4 is 11.7 Å². The Morgan fingerprint density at radius 2 is 1.70 bits per heavy atom. The number of fused-ring (bicyclic) bond motifs is 2. The van der Waals surface area contributed by atoms with Crippen molar-refractivity contribution in [2.75, 3.05) is 31.1 Å². The molecule has 2 aliphatic carbocycles. The number of benzene rings is 1. The highest BCUT2D eigenvalue weighted by Crippen LogP contribution is 2.52. The highest BCUT2D eigenvalue weighted by Gasteiger charge is 2.46.